The minimum Gasteiger partial charge on any atom is -0.497 e. The first kappa shape index (κ1) is 9.07. The van der Waals surface area contributed by atoms with Crippen molar-refractivity contribution < 1.29 is 9.13 Å². The van der Waals surface area contributed by atoms with Gasteiger partial charge in [0.25, 0.3) is 0 Å². The monoisotopic (exact) mass is 186 g/mol. The second kappa shape index (κ2) is 4.12. The van der Waals surface area contributed by atoms with Gasteiger partial charge in [-0.1, -0.05) is 11.6 Å². The highest BCUT2D eigenvalue weighted by atomic mass is 35.5. The second-order valence-electron chi connectivity index (χ2n) is 2.18. The van der Waals surface area contributed by atoms with Crippen LogP contribution < -0.4 is 4.74 Å². The van der Waals surface area contributed by atoms with Crippen molar-refractivity contribution in [1.82, 2.24) is 0 Å². The maximum atomic E-state index is 11.8. The molecular formula is C9H8ClFO. The molecule has 0 N–H and O–H groups in total. The van der Waals surface area contributed by atoms with Crippen LogP contribution in [0.4, 0.5) is 4.39 Å². The number of halogens is 2. The maximum absolute atomic E-state index is 11.8. The maximum Gasteiger partial charge on any atom is 0.119 e. The van der Waals surface area contributed by atoms with Gasteiger partial charge >= 0.3 is 0 Å². The minimum atomic E-state index is 0.445. The Balaban J connectivity index is 3.08. The van der Waals surface area contributed by atoms with Crippen molar-refractivity contribution in [2.45, 2.75) is 0 Å². The van der Waals surface area contributed by atoms with Crippen LogP contribution in [0.25, 0.3) is 6.08 Å². The lowest BCUT2D eigenvalue weighted by atomic mass is 10.2. The molecule has 0 saturated heterocycles. The molecule has 0 amide bonds. The van der Waals surface area contributed by atoms with Crippen molar-refractivity contribution in [1.29, 1.82) is 0 Å². The van der Waals surface area contributed by atoms with Gasteiger partial charge in [-0.05, 0) is 29.8 Å². The molecule has 0 bridgehead atoms. The molecule has 0 spiro atoms. The molecule has 3 heteroatoms. The van der Waals surface area contributed by atoms with Crippen LogP contribution in [0.2, 0.25) is 5.02 Å². The number of hydrogen-bond acceptors (Lipinski definition) is 1. The van der Waals surface area contributed by atoms with Crippen LogP contribution >= 0.6 is 11.6 Å². The van der Waals surface area contributed by atoms with Gasteiger partial charge in [-0.2, -0.15) is 0 Å². The Kier molecular flexibility index (Phi) is 3.11. The van der Waals surface area contributed by atoms with Gasteiger partial charge in [-0.3, -0.25) is 0 Å². The highest BCUT2D eigenvalue weighted by molar-refractivity contribution is 6.32. The van der Waals surface area contributed by atoms with Gasteiger partial charge in [0.15, 0.2) is 0 Å². The van der Waals surface area contributed by atoms with E-state index in [1.54, 1.807) is 25.3 Å². The highest BCUT2D eigenvalue weighted by Gasteiger charge is 1.98. The zero-order valence-corrected chi connectivity index (χ0v) is 7.31. The summed E-state index contributed by atoms with van der Waals surface area (Å²) in [5, 5.41) is 0.504. The largest absolute Gasteiger partial charge is 0.497 e. The fourth-order valence-electron chi connectivity index (χ4n) is 0.844. The average Bonchev–Trinajstić information content (AvgIpc) is 2.09. The fraction of sp³-hybridized carbons (Fsp3) is 0.111. The van der Waals surface area contributed by atoms with Crippen LogP contribution in [0.5, 0.6) is 5.75 Å². The topological polar surface area (TPSA) is 9.23 Å². The van der Waals surface area contributed by atoms with Crippen LogP contribution in [0.15, 0.2) is 24.5 Å². The van der Waals surface area contributed by atoms with E-state index in [0.29, 0.717) is 22.7 Å². The van der Waals surface area contributed by atoms with E-state index in [1.807, 2.05) is 0 Å². The SMILES string of the molecule is COc1ccc(Cl)c(/C=C\F)c1. The molecule has 1 aromatic rings. The van der Waals surface area contributed by atoms with E-state index in [2.05, 4.69) is 0 Å². The van der Waals surface area contributed by atoms with Crippen molar-refractivity contribution >= 4 is 17.7 Å². The van der Waals surface area contributed by atoms with Gasteiger partial charge in [0.1, 0.15) is 5.75 Å². The van der Waals surface area contributed by atoms with E-state index in [9.17, 15) is 4.39 Å². The standard InChI is InChI=1S/C9H8ClFO/c1-12-8-2-3-9(10)7(6-8)4-5-11/h2-6H,1H3/b5-4-. The molecule has 1 rings (SSSR count). The highest BCUT2D eigenvalue weighted by Crippen LogP contribution is 2.22. The third kappa shape index (κ3) is 1.98. The minimum absolute atomic E-state index is 0.445. The Morgan fingerprint density at radius 2 is 2.25 bits per heavy atom. The summed E-state index contributed by atoms with van der Waals surface area (Å²) in [6.07, 6.45) is 1.73. The molecule has 1 nitrogen and oxygen atoms in total. The van der Waals surface area contributed by atoms with Crippen molar-refractivity contribution in [3.05, 3.63) is 35.1 Å². The van der Waals surface area contributed by atoms with E-state index in [4.69, 9.17) is 16.3 Å². The summed E-state index contributed by atoms with van der Waals surface area (Å²) in [6, 6.07) is 5.05. The van der Waals surface area contributed by atoms with Crippen LogP contribution in [0.3, 0.4) is 0 Å². The van der Waals surface area contributed by atoms with E-state index in [0.717, 1.165) is 0 Å². The fourth-order valence-corrected chi connectivity index (χ4v) is 1.02. The van der Waals surface area contributed by atoms with E-state index >= 15 is 0 Å². The van der Waals surface area contributed by atoms with Gasteiger partial charge in [-0.15, -0.1) is 0 Å². The average molecular weight is 187 g/mol. The molecule has 0 aliphatic carbocycles. The molecule has 0 radical (unpaired) electrons. The molecule has 0 atom stereocenters. The molecule has 0 heterocycles. The van der Waals surface area contributed by atoms with Crippen molar-refractivity contribution in [3.8, 4) is 5.75 Å². The number of methoxy groups -OCH3 is 1. The van der Waals surface area contributed by atoms with Crippen molar-refractivity contribution in [2.75, 3.05) is 7.11 Å². The number of ether oxygens (including phenoxy) is 1. The summed E-state index contributed by atoms with van der Waals surface area (Å²) >= 11 is 5.76. The zero-order valence-electron chi connectivity index (χ0n) is 6.55. The van der Waals surface area contributed by atoms with Crippen molar-refractivity contribution in [2.24, 2.45) is 0 Å². The smallest absolute Gasteiger partial charge is 0.119 e. The first-order chi connectivity index (χ1) is 5.77. The zero-order chi connectivity index (χ0) is 8.97. The van der Waals surface area contributed by atoms with Gasteiger partial charge in [0, 0.05) is 5.02 Å². The molecular weight excluding hydrogens is 179 g/mol. The summed E-state index contributed by atoms with van der Waals surface area (Å²) in [5.74, 6) is 0.660. The van der Waals surface area contributed by atoms with Crippen LogP contribution in [-0.4, -0.2) is 7.11 Å². The summed E-state index contributed by atoms with van der Waals surface area (Å²) in [5.41, 5.74) is 0.610. The number of benzene rings is 1. The normalized spacial score (nSPS) is 10.6. The predicted molar refractivity (Wildman–Crippen MR) is 48.1 cm³/mol. The van der Waals surface area contributed by atoms with Gasteiger partial charge in [0.2, 0.25) is 0 Å². The molecule has 0 unspecified atom stereocenters. The van der Waals surface area contributed by atoms with Crippen LogP contribution in [0, 0.1) is 0 Å². The number of hydrogen-bond donors (Lipinski definition) is 0. The van der Waals surface area contributed by atoms with E-state index in [-0.39, 0.29) is 0 Å². The first-order valence-electron chi connectivity index (χ1n) is 3.38. The summed E-state index contributed by atoms with van der Waals surface area (Å²) < 4.78 is 16.8. The van der Waals surface area contributed by atoms with Crippen LogP contribution in [-0.2, 0) is 0 Å². The molecule has 12 heavy (non-hydrogen) atoms. The molecule has 0 aromatic heterocycles. The van der Waals surface area contributed by atoms with E-state index in [1.165, 1.54) is 6.08 Å². The Morgan fingerprint density at radius 3 is 2.83 bits per heavy atom. The van der Waals surface area contributed by atoms with Crippen LogP contribution in [0.1, 0.15) is 5.56 Å². The Hall–Kier alpha value is -1.02. The number of rotatable bonds is 2. The van der Waals surface area contributed by atoms with Gasteiger partial charge in [0.05, 0.1) is 13.4 Å². The third-order valence-corrected chi connectivity index (χ3v) is 1.79. The Labute approximate surface area is 75.4 Å². The van der Waals surface area contributed by atoms with Gasteiger partial charge < -0.3 is 4.74 Å². The quantitative estimate of drug-likeness (QED) is 0.689. The molecule has 0 aliphatic heterocycles. The van der Waals surface area contributed by atoms with Crippen molar-refractivity contribution in [3.63, 3.8) is 0 Å². The summed E-state index contributed by atoms with van der Waals surface area (Å²) in [7, 11) is 1.55. The molecule has 1 aromatic carbocycles. The molecule has 0 saturated carbocycles. The lowest BCUT2D eigenvalue weighted by molar-refractivity contribution is 0.414. The Bertz CT molecular complexity index is 297. The Morgan fingerprint density at radius 1 is 1.50 bits per heavy atom. The lowest BCUT2D eigenvalue weighted by Crippen LogP contribution is -1.83. The molecule has 64 valence electrons. The third-order valence-electron chi connectivity index (χ3n) is 1.45. The second-order valence-corrected chi connectivity index (χ2v) is 2.59. The van der Waals surface area contributed by atoms with Gasteiger partial charge in [-0.25, -0.2) is 4.39 Å². The predicted octanol–water partition coefficient (Wildman–Crippen LogP) is 3.29. The molecule has 0 fully saturated rings. The summed E-state index contributed by atoms with van der Waals surface area (Å²) in [6.45, 7) is 0. The lowest BCUT2D eigenvalue weighted by Gasteiger charge is -2.01. The van der Waals surface area contributed by atoms with E-state index < -0.39 is 0 Å². The summed E-state index contributed by atoms with van der Waals surface area (Å²) in [4.78, 5) is 0. The first-order valence-corrected chi connectivity index (χ1v) is 3.76. The molecule has 0 aliphatic rings.